The molecule has 1 aromatic carbocycles. The first-order valence-corrected chi connectivity index (χ1v) is 7.63. The van der Waals surface area contributed by atoms with Crippen molar-refractivity contribution in [3.63, 3.8) is 0 Å². The zero-order chi connectivity index (χ0) is 14.8. The van der Waals surface area contributed by atoms with Crippen LogP contribution < -0.4 is 11.1 Å². The molecule has 1 aliphatic carbocycles. The Balaban J connectivity index is 2.14. The number of hydrogen-bond donors (Lipinski definition) is 2. The van der Waals surface area contributed by atoms with Gasteiger partial charge in [0.1, 0.15) is 5.82 Å². The fraction of sp³-hybridized carbons (Fsp3) is 0.647. The Labute approximate surface area is 121 Å². The highest BCUT2D eigenvalue weighted by Crippen LogP contribution is 2.34. The Morgan fingerprint density at radius 1 is 1.20 bits per heavy atom. The summed E-state index contributed by atoms with van der Waals surface area (Å²) in [5, 5.41) is 3.76. The van der Waals surface area contributed by atoms with E-state index in [1.165, 1.54) is 12.8 Å². The highest BCUT2D eigenvalue weighted by Gasteiger charge is 2.30. The van der Waals surface area contributed by atoms with Crippen molar-refractivity contribution in [3.8, 4) is 0 Å². The summed E-state index contributed by atoms with van der Waals surface area (Å²) in [5.74, 6) is -0.180. The van der Waals surface area contributed by atoms with E-state index >= 15 is 0 Å². The number of benzene rings is 1. The molecule has 0 saturated heterocycles. The highest BCUT2D eigenvalue weighted by atomic mass is 19.1. The Kier molecular flexibility index (Phi) is 4.82. The Morgan fingerprint density at radius 3 is 2.40 bits per heavy atom. The molecule has 1 fully saturated rings. The van der Waals surface area contributed by atoms with E-state index < -0.39 is 0 Å². The molecule has 0 amide bonds. The van der Waals surface area contributed by atoms with E-state index in [1.807, 2.05) is 12.1 Å². The number of nitrogens with one attached hydrogen (secondary N) is 1. The van der Waals surface area contributed by atoms with Gasteiger partial charge in [-0.3, -0.25) is 0 Å². The van der Waals surface area contributed by atoms with Crippen LogP contribution in [0.1, 0.15) is 58.1 Å². The summed E-state index contributed by atoms with van der Waals surface area (Å²) in [6.45, 7) is 6.66. The summed E-state index contributed by atoms with van der Waals surface area (Å²) in [6.07, 6.45) is 4.54. The van der Waals surface area contributed by atoms with E-state index in [2.05, 4.69) is 26.1 Å². The Morgan fingerprint density at radius 2 is 1.85 bits per heavy atom. The molecule has 0 spiro atoms. The lowest BCUT2D eigenvalue weighted by atomic mass is 9.80. The van der Waals surface area contributed by atoms with E-state index in [0.29, 0.717) is 12.1 Å². The standard InChI is InChI=1S/C17H27FN2/c1-17(2,3)16(12-7-9-13(18)10-8-12)20-15-6-4-5-14(19)11-15/h7-10,14-16,20H,4-6,11,19H2,1-3H3. The monoisotopic (exact) mass is 278 g/mol. The first-order valence-electron chi connectivity index (χ1n) is 7.63. The third-order valence-corrected chi connectivity index (χ3v) is 4.19. The van der Waals surface area contributed by atoms with Crippen molar-refractivity contribution in [3.05, 3.63) is 35.6 Å². The Hall–Kier alpha value is -0.930. The summed E-state index contributed by atoms with van der Waals surface area (Å²) in [7, 11) is 0. The molecular weight excluding hydrogens is 251 g/mol. The number of nitrogens with two attached hydrogens (primary N) is 1. The smallest absolute Gasteiger partial charge is 0.123 e. The van der Waals surface area contributed by atoms with E-state index in [-0.39, 0.29) is 17.3 Å². The molecule has 0 bridgehead atoms. The second kappa shape index (κ2) is 6.23. The van der Waals surface area contributed by atoms with Gasteiger partial charge in [0.2, 0.25) is 0 Å². The second-order valence-electron chi connectivity index (χ2n) is 7.14. The van der Waals surface area contributed by atoms with Crippen LogP contribution >= 0.6 is 0 Å². The fourth-order valence-electron chi connectivity index (χ4n) is 3.12. The minimum absolute atomic E-state index is 0.0827. The minimum atomic E-state index is -0.180. The molecule has 1 saturated carbocycles. The largest absolute Gasteiger partial charge is 0.328 e. The van der Waals surface area contributed by atoms with Gasteiger partial charge >= 0.3 is 0 Å². The highest BCUT2D eigenvalue weighted by molar-refractivity contribution is 5.22. The van der Waals surface area contributed by atoms with Crippen molar-refractivity contribution in [2.45, 2.75) is 64.6 Å². The van der Waals surface area contributed by atoms with Gasteiger partial charge in [-0.25, -0.2) is 4.39 Å². The van der Waals surface area contributed by atoms with Gasteiger partial charge in [0.25, 0.3) is 0 Å². The lowest BCUT2D eigenvalue weighted by molar-refractivity contribution is 0.219. The van der Waals surface area contributed by atoms with Gasteiger partial charge in [0.05, 0.1) is 0 Å². The van der Waals surface area contributed by atoms with E-state index in [0.717, 1.165) is 18.4 Å². The average molecular weight is 278 g/mol. The molecule has 0 radical (unpaired) electrons. The normalized spacial score (nSPS) is 25.4. The van der Waals surface area contributed by atoms with Crippen LogP contribution in [0.25, 0.3) is 0 Å². The molecule has 3 N–H and O–H groups in total. The molecule has 2 nitrogen and oxygen atoms in total. The van der Waals surface area contributed by atoms with Crippen LogP contribution in [-0.2, 0) is 0 Å². The second-order valence-corrected chi connectivity index (χ2v) is 7.14. The van der Waals surface area contributed by atoms with Crippen molar-refractivity contribution in [2.24, 2.45) is 11.1 Å². The summed E-state index contributed by atoms with van der Waals surface area (Å²) in [5.41, 5.74) is 7.31. The summed E-state index contributed by atoms with van der Waals surface area (Å²) < 4.78 is 13.1. The van der Waals surface area contributed by atoms with E-state index in [1.54, 1.807) is 12.1 Å². The third-order valence-electron chi connectivity index (χ3n) is 4.19. The lowest BCUT2D eigenvalue weighted by Crippen LogP contribution is -2.44. The molecule has 1 aromatic rings. The lowest BCUT2D eigenvalue weighted by Gasteiger charge is -2.38. The van der Waals surface area contributed by atoms with Gasteiger partial charge in [-0.2, -0.15) is 0 Å². The van der Waals surface area contributed by atoms with Crippen LogP contribution in [0, 0.1) is 11.2 Å². The Bertz CT molecular complexity index is 422. The number of halogens is 1. The van der Waals surface area contributed by atoms with Crippen molar-refractivity contribution in [1.82, 2.24) is 5.32 Å². The van der Waals surface area contributed by atoms with E-state index in [4.69, 9.17) is 5.73 Å². The third kappa shape index (κ3) is 4.03. The van der Waals surface area contributed by atoms with E-state index in [9.17, 15) is 4.39 Å². The van der Waals surface area contributed by atoms with Gasteiger partial charge in [0.15, 0.2) is 0 Å². The van der Waals surface area contributed by atoms with Gasteiger partial charge in [-0.05, 0) is 42.4 Å². The molecule has 0 heterocycles. The molecule has 3 unspecified atom stereocenters. The molecule has 1 aliphatic rings. The van der Waals surface area contributed by atoms with Gasteiger partial charge < -0.3 is 11.1 Å². The predicted molar refractivity (Wildman–Crippen MR) is 82.0 cm³/mol. The number of rotatable bonds is 3. The predicted octanol–water partition coefficient (Wildman–Crippen LogP) is 3.77. The van der Waals surface area contributed by atoms with Crippen molar-refractivity contribution in [2.75, 3.05) is 0 Å². The van der Waals surface area contributed by atoms with Crippen molar-refractivity contribution in [1.29, 1.82) is 0 Å². The summed E-state index contributed by atoms with van der Waals surface area (Å²) >= 11 is 0. The molecule has 112 valence electrons. The van der Waals surface area contributed by atoms with Gasteiger partial charge in [-0.1, -0.05) is 39.3 Å². The average Bonchev–Trinajstić information content (AvgIpc) is 2.36. The zero-order valence-electron chi connectivity index (χ0n) is 12.8. The maximum absolute atomic E-state index is 13.1. The maximum atomic E-state index is 13.1. The fourth-order valence-corrected chi connectivity index (χ4v) is 3.12. The SMILES string of the molecule is CC(C)(C)C(NC1CCCC(N)C1)c1ccc(F)cc1. The van der Waals surface area contributed by atoms with Crippen LogP contribution in [0.15, 0.2) is 24.3 Å². The molecule has 3 atom stereocenters. The minimum Gasteiger partial charge on any atom is -0.328 e. The molecule has 0 aromatic heterocycles. The molecule has 0 aliphatic heterocycles. The molecular formula is C17H27FN2. The van der Waals surface area contributed by atoms with Crippen LogP contribution in [0.2, 0.25) is 0 Å². The molecule has 2 rings (SSSR count). The molecule has 3 heteroatoms. The van der Waals surface area contributed by atoms with Crippen molar-refractivity contribution >= 4 is 0 Å². The van der Waals surface area contributed by atoms with Crippen LogP contribution in [0.4, 0.5) is 4.39 Å². The topological polar surface area (TPSA) is 38.0 Å². The zero-order valence-corrected chi connectivity index (χ0v) is 12.8. The maximum Gasteiger partial charge on any atom is 0.123 e. The van der Waals surface area contributed by atoms with Crippen LogP contribution in [0.3, 0.4) is 0 Å². The van der Waals surface area contributed by atoms with Crippen molar-refractivity contribution < 1.29 is 4.39 Å². The first-order chi connectivity index (χ1) is 9.36. The van der Waals surface area contributed by atoms with Gasteiger partial charge in [-0.15, -0.1) is 0 Å². The summed E-state index contributed by atoms with van der Waals surface area (Å²) in [4.78, 5) is 0. The first kappa shape index (κ1) is 15.5. The number of hydrogen-bond acceptors (Lipinski definition) is 2. The van der Waals surface area contributed by atoms with Gasteiger partial charge in [0, 0.05) is 18.1 Å². The van der Waals surface area contributed by atoms with Crippen LogP contribution in [0.5, 0.6) is 0 Å². The van der Waals surface area contributed by atoms with Crippen LogP contribution in [-0.4, -0.2) is 12.1 Å². The summed E-state index contributed by atoms with van der Waals surface area (Å²) in [6, 6.07) is 7.87. The quantitative estimate of drug-likeness (QED) is 0.883. The molecule has 20 heavy (non-hydrogen) atoms.